The quantitative estimate of drug-likeness (QED) is 0.849. The molecule has 0 unspecified atom stereocenters. The number of aromatic amines is 1. The lowest BCUT2D eigenvalue weighted by Gasteiger charge is -2.12. The summed E-state index contributed by atoms with van der Waals surface area (Å²) in [6, 6.07) is 6.46. The van der Waals surface area contributed by atoms with Gasteiger partial charge in [-0.3, -0.25) is 4.79 Å². The van der Waals surface area contributed by atoms with Gasteiger partial charge in [-0.1, -0.05) is 31.0 Å². The average molecular weight is 256 g/mol. The summed E-state index contributed by atoms with van der Waals surface area (Å²) in [6.45, 7) is 4.04. The second-order valence-electron chi connectivity index (χ2n) is 5.58. The number of hydrogen-bond acceptors (Lipinski definition) is 1. The third-order valence-electron chi connectivity index (χ3n) is 4.15. The van der Waals surface area contributed by atoms with E-state index in [-0.39, 0.29) is 5.91 Å². The summed E-state index contributed by atoms with van der Waals surface area (Å²) in [7, 11) is 0. The zero-order chi connectivity index (χ0) is 13.4. The molecule has 0 spiro atoms. The second-order valence-corrected chi connectivity index (χ2v) is 5.58. The van der Waals surface area contributed by atoms with Gasteiger partial charge < -0.3 is 10.3 Å². The number of rotatable bonds is 2. The van der Waals surface area contributed by atoms with E-state index in [1.165, 1.54) is 18.4 Å². The Morgan fingerprint density at radius 1 is 1.26 bits per heavy atom. The number of carbonyl (C=O) groups excluding carboxylic acids is 1. The highest BCUT2D eigenvalue weighted by molar-refractivity contribution is 6.08. The lowest BCUT2D eigenvalue weighted by atomic mass is 10.1. The van der Waals surface area contributed by atoms with Crippen molar-refractivity contribution in [2.45, 2.75) is 45.6 Å². The molecule has 3 heteroatoms. The highest BCUT2D eigenvalue weighted by atomic mass is 16.1. The molecule has 1 aliphatic carbocycles. The number of carbonyl (C=O) groups is 1. The molecule has 100 valence electrons. The number of hydrogen-bond donors (Lipinski definition) is 2. The number of benzene rings is 1. The van der Waals surface area contributed by atoms with Crippen LogP contribution in [0, 0.1) is 13.8 Å². The van der Waals surface area contributed by atoms with Crippen molar-refractivity contribution < 1.29 is 4.79 Å². The van der Waals surface area contributed by atoms with Crippen LogP contribution in [0.15, 0.2) is 18.2 Å². The number of H-pyrrole nitrogens is 1. The normalized spacial score (nSPS) is 16.1. The first kappa shape index (κ1) is 12.3. The molecule has 2 N–H and O–H groups in total. The molecule has 0 aliphatic heterocycles. The number of fused-ring (bicyclic) bond motifs is 1. The number of amides is 1. The monoisotopic (exact) mass is 256 g/mol. The van der Waals surface area contributed by atoms with Gasteiger partial charge in [0.05, 0.1) is 5.56 Å². The van der Waals surface area contributed by atoms with Crippen LogP contribution in [0.3, 0.4) is 0 Å². The van der Waals surface area contributed by atoms with Crippen molar-refractivity contribution in [1.29, 1.82) is 0 Å². The van der Waals surface area contributed by atoms with Gasteiger partial charge in [0.2, 0.25) is 0 Å². The Bertz CT molecular complexity index is 621. The maximum Gasteiger partial charge on any atom is 0.253 e. The summed E-state index contributed by atoms with van der Waals surface area (Å²) in [4.78, 5) is 15.8. The molecule has 2 aromatic rings. The predicted octanol–water partition coefficient (Wildman–Crippen LogP) is 3.46. The minimum Gasteiger partial charge on any atom is -0.358 e. The van der Waals surface area contributed by atoms with Crippen molar-refractivity contribution >= 4 is 16.8 Å². The van der Waals surface area contributed by atoms with E-state index in [9.17, 15) is 4.79 Å². The van der Waals surface area contributed by atoms with Gasteiger partial charge >= 0.3 is 0 Å². The Hall–Kier alpha value is -1.77. The molecule has 1 aromatic carbocycles. The number of para-hydroxylation sites is 1. The highest BCUT2D eigenvalue weighted by Gasteiger charge is 2.21. The Morgan fingerprint density at radius 2 is 2.00 bits per heavy atom. The minimum atomic E-state index is 0.0706. The van der Waals surface area contributed by atoms with Crippen molar-refractivity contribution in [3.63, 3.8) is 0 Å². The lowest BCUT2D eigenvalue weighted by Crippen LogP contribution is -2.32. The first-order valence-electron chi connectivity index (χ1n) is 7.05. The summed E-state index contributed by atoms with van der Waals surface area (Å²) in [5.41, 5.74) is 4.03. The summed E-state index contributed by atoms with van der Waals surface area (Å²) in [5, 5.41) is 4.21. The van der Waals surface area contributed by atoms with Crippen molar-refractivity contribution in [1.82, 2.24) is 10.3 Å². The van der Waals surface area contributed by atoms with Crippen LogP contribution in [0.1, 0.15) is 47.3 Å². The van der Waals surface area contributed by atoms with E-state index in [4.69, 9.17) is 0 Å². The van der Waals surface area contributed by atoms with E-state index in [1.54, 1.807) is 0 Å². The first-order chi connectivity index (χ1) is 9.16. The molecule has 0 atom stereocenters. The van der Waals surface area contributed by atoms with E-state index in [0.29, 0.717) is 6.04 Å². The zero-order valence-electron chi connectivity index (χ0n) is 11.5. The van der Waals surface area contributed by atoms with Crippen molar-refractivity contribution in [3.8, 4) is 0 Å². The molecule has 1 heterocycles. The Morgan fingerprint density at radius 3 is 2.74 bits per heavy atom. The standard InChI is InChI=1S/C16H20N2O/c1-10-6-5-9-13-14(11(2)17-15(10)13)16(19)18-12-7-3-4-8-12/h5-6,9,12,17H,3-4,7-8H2,1-2H3,(H,18,19). The Labute approximate surface area is 113 Å². The highest BCUT2D eigenvalue weighted by Crippen LogP contribution is 2.25. The number of aromatic nitrogens is 1. The zero-order valence-corrected chi connectivity index (χ0v) is 11.5. The van der Waals surface area contributed by atoms with Crippen LogP contribution in [0.2, 0.25) is 0 Å². The third kappa shape index (κ3) is 2.14. The number of nitrogens with one attached hydrogen (secondary N) is 2. The predicted molar refractivity (Wildman–Crippen MR) is 77.5 cm³/mol. The van der Waals surface area contributed by atoms with Crippen LogP contribution < -0.4 is 5.32 Å². The smallest absolute Gasteiger partial charge is 0.253 e. The molecule has 19 heavy (non-hydrogen) atoms. The molecule has 0 radical (unpaired) electrons. The van der Waals surface area contributed by atoms with Gasteiger partial charge in [-0.2, -0.15) is 0 Å². The summed E-state index contributed by atoms with van der Waals surface area (Å²) in [6.07, 6.45) is 4.70. The molecule has 1 saturated carbocycles. The molecular formula is C16H20N2O. The molecule has 1 aromatic heterocycles. The summed E-state index contributed by atoms with van der Waals surface area (Å²) < 4.78 is 0. The van der Waals surface area contributed by atoms with E-state index in [0.717, 1.165) is 35.0 Å². The van der Waals surface area contributed by atoms with Gasteiger partial charge in [-0.25, -0.2) is 0 Å². The van der Waals surface area contributed by atoms with E-state index < -0.39 is 0 Å². The minimum absolute atomic E-state index is 0.0706. The topological polar surface area (TPSA) is 44.9 Å². The summed E-state index contributed by atoms with van der Waals surface area (Å²) >= 11 is 0. The van der Waals surface area contributed by atoms with Gasteiger partial charge in [0.1, 0.15) is 0 Å². The fourth-order valence-corrected chi connectivity index (χ4v) is 3.11. The van der Waals surface area contributed by atoms with Gasteiger partial charge in [0.15, 0.2) is 0 Å². The van der Waals surface area contributed by atoms with Crippen molar-refractivity contribution in [3.05, 3.63) is 35.0 Å². The Balaban J connectivity index is 1.97. The van der Waals surface area contributed by atoms with Gasteiger partial charge in [0.25, 0.3) is 5.91 Å². The molecule has 1 aliphatic rings. The van der Waals surface area contributed by atoms with Crippen LogP contribution >= 0.6 is 0 Å². The summed E-state index contributed by atoms with van der Waals surface area (Å²) in [5.74, 6) is 0.0706. The largest absolute Gasteiger partial charge is 0.358 e. The maximum atomic E-state index is 12.5. The fraction of sp³-hybridized carbons (Fsp3) is 0.438. The van der Waals surface area contributed by atoms with Crippen LogP contribution in [0.25, 0.3) is 10.9 Å². The van der Waals surface area contributed by atoms with Crippen molar-refractivity contribution in [2.24, 2.45) is 0 Å². The van der Waals surface area contributed by atoms with Gasteiger partial charge in [-0.15, -0.1) is 0 Å². The fourth-order valence-electron chi connectivity index (χ4n) is 3.11. The number of aryl methyl sites for hydroxylation is 2. The molecule has 0 saturated heterocycles. The molecule has 3 nitrogen and oxygen atoms in total. The first-order valence-corrected chi connectivity index (χ1v) is 7.05. The second kappa shape index (κ2) is 4.72. The molecular weight excluding hydrogens is 236 g/mol. The van der Waals surface area contributed by atoms with Crippen LogP contribution in [0.4, 0.5) is 0 Å². The van der Waals surface area contributed by atoms with Crippen LogP contribution in [0.5, 0.6) is 0 Å². The maximum absolute atomic E-state index is 12.5. The molecule has 3 rings (SSSR count). The van der Waals surface area contributed by atoms with Crippen LogP contribution in [-0.4, -0.2) is 16.9 Å². The molecule has 0 bridgehead atoms. The SMILES string of the molecule is Cc1[nH]c2c(C)cccc2c1C(=O)NC1CCCC1. The average Bonchev–Trinajstić information content (AvgIpc) is 2.96. The Kier molecular flexibility index (Phi) is 3.05. The molecule has 1 amide bonds. The van der Waals surface area contributed by atoms with E-state index in [2.05, 4.69) is 23.3 Å². The lowest BCUT2D eigenvalue weighted by molar-refractivity contribution is 0.0939. The molecule has 1 fully saturated rings. The third-order valence-corrected chi connectivity index (χ3v) is 4.15. The van der Waals surface area contributed by atoms with Crippen LogP contribution in [-0.2, 0) is 0 Å². The van der Waals surface area contributed by atoms with Gasteiger partial charge in [0, 0.05) is 22.6 Å². The van der Waals surface area contributed by atoms with Gasteiger partial charge in [-0.05, 0) is 32.3 Å². The van der Waals surface area contributed by atoms with E-state index >= 15 is 0 Å². The van der Waals surface area contributed by atoms with E-state index in [1.807, 2.05) is 19.1 Å². The van der Waals surface area contributed by atoms with Crippen molar-refractivity contribution in [2.75, 3.05) is 0 Å².